The predicted molar refractivity (Wildman–Crippen MR) is 128 cm³/mol. The lowest BCUT2D eigenvalue weighted by atomic mass is 9.94. The lowest BCUT2D eigenvalue weighted by molar-refractivity contribution is -0.123. The van der Waals surface area contributed by atoms with Crippen LogP contribution >= 0.6 is 0 Å². The maximum Gasteiger partial charge on any atom is 0.279 e. The van der Waals surface area contributed by atoms with Crippen LogP contribution in [0.2, 0.25) is 0 Å². The van der Waals surface area contributed by atoms with Crippen molar-refractivity contribution in [3.63, 3.8) is 0 Å². The molecule has 0 bridgehead atoms. The minimum Gasteiger partial charge on any atom is -0.508 e. The molecule has 1 aromatic heterocycles. The van der Waals surface area contributed by atoms with E-state index in [0.29, 0.717) is 17.0 Å². The average Bonchev–Trinajstić information content (AvgIpc) is 2.89. The van der Waals surface area contributed by atoms with Gasteiger partial charge in [-0.3, -0.25) is 19.5 Å². The Balaban J connectivity index is 1.79. The second-order valence-electron chi connectivity index (χ2n) is 8.30. The Labute approximate surface area is 198 Å². The van der Waals surface area contributed by atoms with Crippen LogP contribution in [0.5, 0.6) is 11.5 Å². The molecule has 2 aromatic carbocycles. The van der Waals surface area contributed by atoms with E-state index < -0.39 is 11.9 Å². The highest BCUT2D eigenvalue weighted by molar-refractivity contribution is 6.09. The third kappa shape index (κ3) is 5.33. The van der Waals surface area contributed by atoms with Gasteiger partial charge in [-0.15, -0.1) is 0 Å². The van der Waals surface area contributed by atoms with Crippen molar-refractivity contribution in [1.29, 1.82) is 0 Å². The van der Waals surface area contributed by atoms with E-state index in [4.69, 9.17) is 4.74 Å². The molecule has 1 atom stereocenters. The van der Waals surface area contributed by atoms with Crippen LogP contribution in [0.3, 0.4) is 0 Å². The van der Waals surface area contributed by atoms with Gasteiger partial charge < -0.3 is 15.2 Å². The normalized spacial score (nSPS) is 14.7. The summed E-state index contributed by atoms with van der Waals surface area (Å²) in [6.07, 6.45) is 9.43. The summed E-state index contributed by atoms with van der Waals surface area (Å²) < 4.78 is 5.27. The molecule has 2 amide bonds. The number of hydrogen-bond donors (Lipinski definition) is 2. The summed E-state index contributed by atoms with van der Waals surface area (Å²) in [5.74, 6) is -0.0456. The molecule has 1 fully saturated rings. The van der Waals surface area contributed by atoms with Crippen molar-refractivity contribution in [2.45, 2.75) is 44.2 Å². The molecule has 8 heteroatoms. The Bertz CT molecular complexity index is 1100. The fourth-order valence-corrected chi connectivity index (χ4v) is 4.26. The zero-order valence-electron chi connectivity index (χ0n) is 19.1. The van der Waals surface area contributed by atoms with Crippen LogP contribution in [0.1, 0.15) is 54.2 Å². The van der Waals surface area contributed by atoms with Crippen molar-refractivity contribution in [3.05, 3.63) is 78.4 Å². The lowest BCUT2D eigenvalue weighted by Crippen LogP contribution is -2.47. The molecule has 2 N–H and O–H groups in total. The second-order valence-corrected chi connectivity index (χ2v) is 8.30. The largest absolute Gasteiger partial charge is 0.508 e. The minimum absolute atomic E-state index is 0.0604. The van der Waals surface area contributed by atoms with E-state index in [9.17, 15) is 14.7 Å². The van der Waals surface area contributed by atoms with Crippen molar-refractivity contribution in [2.75, 3.05) is 12.0 Å². The van der Waals surface area contributed by atoms with Crippen molar-refractivity contribution < 1.29 is 19.4 Å². The average molecular weight is 461 g/mol. The molecule has 0 spiro atoms. The Hall–Kier alpha value is -3.94. The Kier molecular flexibility index (Phi) is 7.37. The molecule has 0 unspecified atom stereocenters. The number of nitrogens with one attached hydrogen (secondary N) is 1. The predicted octanol–water partition coefficient (Wildman–Crippen LogP) is 4.03. The van der Waals surface area contributed by atoms with E-state index in [1.807, 2.05) is 0 Å². The van der Waals surface area contributed by atoms with Crippen LogP contribution in [-0.2, 0) is 4.79 Å². The highest BCUT2D eigenvalue weighted by Gasteiger charge is 2.35. The van der Waals surface area contributed by atoms with Gasteiger partial charge in [0.2, 0.25) is 5.91 Å². The van der Waals surface area contributed by atoms with Crippen LogP contribution in [0.4, 0.5) is 5.69 Å². The summed E-state index contributed by atoms with van der Waals surface area (Å²) in [7, 11) is 1.56. The SMILES string of the molecule is COc1ccc(N(C(=O)c2cnccn2)[C@@H](C(=O)NC2CCCCC2)c2ccc(O)cc2)cc1. The molecule has 0 aliphatic heterocycles. The highest BCUT2D eigenvalue weighted by Crippen LogP contribution is 2.32. The first-order chi connectivity index (χ1) is 16.6. The number of aromatic hydroxyl groups is 1. The van der Waals surface area contributed by atoms with Gasteiger partial charge in [-0.2, -0.15) is 0 Å². The van der Waals surface area contributed by atoms with Gasteiger partial charge in [-0.25, -0.2) is 4.98 Å². The van der Waals surface area contributed by atoms with E-state index in [1.54, 1.807) is 43.5 Å². The number of carbonyl (C=O) groups is 2. The van der Waals surface area contributed by atoms with Gasteiger partial charge >= 0.3 is 0 Å². The number of phenols is 1. The van der Waals surface area contributed by atoms with Gasteiger partial charge in [0.1, 0.15) is 23.2 Å². The van der Waals surface area contributed by atoms with Crippen LogP contribution in [-0.4, -0.2) is 40.0 Å². The topological polar surface area (TPSA) is 105 Å². The highest BCUT2D eigenvalue weighted by atomic mass is 16.5. The Morgan fingerprint density at radius 1 is 1.03 bits per heavy atom. The zero-order valence-corrected chi connectivity index (χ0v) is 19.1. The van der Waals surface area contributed by atoms with Gasteiger partial charge in [0.25, 0.3) is 5.91 Å². The number of methoxy groups -OCH3 is 1. The van der Waals surface area contributed by atoms with E-state index in [0.717, 1.165) is 32.1 Å². The third-order valence-corrected chi connectivity index (χ3v) is 6.02. The number of anilines is 1. The molecule has 1 heterocycles. The smallest absolute Gasteiger partial charge is 0.279 e. The minimum atomic E-state index is -0.981. The Morgan fingerprint density at radius 3 is 2.35 bits per heavy atom. The molecule has 0 saturated heterocycles. The first-order valence-corrected chi connectivity index (χ1v) is 11.4. The molecule has 1 aliphatic carbocycles. The molecule has 8 nitrogen and oxygen atoms in total. The first-order valence-electron chi connectivity index (χ1n) is 11.4. The van der Waals surface area contributed by atoms with Crippen LogP contribution in [0.15, 0.2) is 67.1 Å². The van der Waals surface area contributed by atoms with E-state index >= 15 is 0 Å². The molecule has 3 aromatic rings. The number of hydrogen-bond acceptors (Lipinski definition) is 6. The number of aromatic nitrogens is 2. The maximum atomic E-state index is 13.7. The van der Waals surface area contributed by atoms with Crippen molar-refractivity contribution in [3.8, 4) is 11.5 Å². The second kappa shape index (κ2) is 10.8. The molecular formula is C26H28N4O4. The quantitative estimate of drug-likeness (QED) is 0.552. The third-order valence-electron chi connectivity index (χ3n) is 6.02. The standard InChI is InChI=1S/C26H28N4O4/c1-34-22-13-9-20(10-14-22)30(26(33)23-17-27-15-16-28-23)24(18-7-11-21(31)12-8-18)25(32)29-19-5-3-2-4-6-19/h7-17,19,24,31H,2-6H2,1H3,(H,29,32)/t24-/m1/s1. The molecule has 34 heavy (non-hydrogen) atoms. The van der Waals surface area contributed by atoms with Crippen molar-refractivity contribution in [2.24, 2.45) is 0 Å². The number of carbonyl (C=O) groups excluding carboxylic acids is 2. The molecule has 4 rings (SSSR count). The van der Waals surface area contributed by atoms with E-state index in [1.165, 1.54) is 35.6 Å². The molecule has 1 saturated carbocycles. The number of ether oxygens (including phenoxy) is 1. The fourth-order valence-electron chi connectivity index (χ4n) is 4.26. The summed E-state index contributed by atoms with van der Waals surface area (Å²) >= 11 is 0. The van der Waals surface area contributed by atoms with Crippen molar-refractivity contribution in [1.82, 2.24) is 15.3 Å². The van der Waals surface area contributed by atoms with Gasteiger partial charge in [0.15, 0.2) is 0 Å². The van der Waals surface area contributed by atoms with Gasteiger partial charge in [0.05, 0.1) is 13.3 Å². The summed E-state index contributed by atoms with van der Waals surface area (Å²) in [5, 5.41) is 13.0. The van der Waals surface area contributed by atoms with Gasteiger partial charge in [-0.05, 0) is 54.8 Å². The van der Waals surface area contributed by atoms with Crippen LogP contribution < -0.4 is 15.0 Å². The summed E-state index contributed by atoms with van der Waals surface area (Å²) in [6, 6.07) is 12.3. The van der Waals surface area contributed by atoms with E-state index in [2.05, 4.69) is 15.3 Å². The Morgan fingerprint density at radius 2 is 1.74 bits per heavy atom. The molecular weight excluding hydrogens is 432 g/mol. The zero-order chi connectivity index (χ0) is 23.9. The number of nitrogens with zero attached hydrogens (tertiary/aromatic N) is 3. The summed E-state index contributed by atoms with van der Waals surface area (Å²) in [6.45, 7) is 0. The summed E-state index contributed by atoms with van der Waals surface area (Å²) in [4.78, 5) is 37.1. The first kappa shape index (κ1) is 23.2. The number of phenolic OH excluding ortho intramolecular Hbond substituents is 1. The van der Waals surface area contributed by atoms with Gasteiger partial charge in [-0.1, -0.05) is 31.4 Å². The van der Waals surface area contributed by atoms with Crippen LogP contribution in [0.25, 0.3) is 0 Å². The maximum absolute atomic E-state index is 13.7. The number of rotatable bonds is 7. The number of benzene rings is 2. The van der Waals surface area contributed by atoms with Crippen molar-refractivity contribution >= 4 is 17.5 Å². The monoisotopic (exact) mass is 460 g/mol. The van der Waals surface area contributed by atoms with Crippen LogP contribution in [0, 0.1) is 0 Å². The molecule has 176 valence electrons. The lowest BCUT2D eigenvalue weighted by Gasteiger charge is -2.33. The van der Waals surface area contributed by atoms with E-state index in [-0.39, 0.29) is 23.4 Å². The number of amides is 2. The molecule has 1 aliphatic rings. The summed E-state index contributed by atoms with van der Waals surface area (Å²) in [5.41, 5.74) is 1.19. The van der Waals surface area contributed by atoms with Gasteiger partial charge in [0, 0.05) is 24.1 Å². The molecule has 0 radical (unpaired) electrons. The fraction of sp³-hybridized carbons (Fsp3) is 0.308.